The SMILES string of the molecule is O=C1C=CC(C(=O)Nc2nc(CC(=O)Nc3cccc(Br)c3)cs2)C=N1. The number of aliphatic imine (C=N–C) groups is 1. The normalized spacial score (nSPS) is 15.7. The summed E-state index contributed by atoms with van der Waals surface area (Å²) in [5, 5.41) is 7.54. The highest BCUT2D eigenvalue weighted by molar-refractivity contribution is 9.10. The van der Waals surface area contributed by atoms with Gasteiger partial charge in [-0.05, 0) is 18.2 Å². The van der Waals surface area contributed by atoms with Crippen LogP contribution in [0.15, 0.2) is 51.3 Å². The molecular formula is C17H13BrN4O3S. The van der Waals surface area contributed by atoms with Gasteiger partial charge in [0.1, 0.15) is 0 Å². The van der Waals surface area contributed by atoms with Gasteiger partial charge in [-0.15, -0.1) is 11.3 Å². The average Bonchev–Trinajstić information content (AvgIpc) is 3.02. The first-order valence-corrected chi connectivity index (χ1v) is 9.24. The van der Waals surface area contributed by atoms with E-state index in [0.717, 1.165) is 4.47 Å². The van der Waals surface area contributed by atoms with Crippen LogP contribution in [-0.4, -0.2) is 28.9 Å². The Bertz CT molecular complexity index is 906. The van der Waals surface area contributed by atoms with Gasteiger partial charge in [0.25, 0.3) is 5.91 Å². The lowest BCUT2D eigenvalue weighted by molar-refractivity contribution is -0.117. The topological polar surface area (TPSA) is 101 Å². The fraction of sp³-hybridized carbons (Fsp3) is 0.118. The number of carbonyl (C=O) groups is 3. The third-order valence-corrected chi connectivity index (χ3v) is 4.64. The van der Waals surface area contributed by atoms with E-state index in [-0.39, 0.29) is 24.1 Å². The summed E-state index contributed by atoms with van der Waals surface area (Å²) in [5.74, 6) is -1.54. The standard InChI is InChI=1S/C17H13BrN4O3S/c18-11-2-1-3-12(6-11)20-15(24)7-13-9-26-17(21-13)22-16(25)10-4-5-14(23)19-8-10/h1-6,8-10H,7H2,(H,20,24)(H,21,22,25). The second-order valence-corrected chi connectivity index (χ2v) is 7.14. The molecule has 2 heterocycles. The van der Waals surface area contributed by atoms with E-state index in [1.165, 1.54) is 29.7 Å². The third kappa shape index (κ3) is 4.93. The maximum Gasteiger partial charge on any atom is 0.269 e. The fourth-order valence-electron chi connectivity index (χ4n) is 2.16. The Balaban J connectivity index is 1.55. The van der Waals surface area contributed by atoms with Crippen molar-refractivity contribution in [2.45, 2.75) is 6.42 Å². The summed E-state index contributed by atoms with van der Waals surface area (Å²) < 4.78 is 0.871. The zero-order chi connectivity index (χ0) is 18.5. The number of dihydropyridines is 1. The first kappa shape index (κ1) is 18.2. The van der Waals surface area contributed by atoms with Crippen LogP contribution in [0.1, 0.15) is 5.69 Å². The number of nitrogens with zero attached hydrogens (tertiary/aromatic N) is 2. The molecule has 1 aromatic carbocycles. The molecule has 0 spiro atoms. The van der Waals surface area contributed by atoms with Crippen molar-refractivity contribution in [2.24, 2.45) is 10.9 Å². The van der Waals surface area contributed by atoms with Crippen LogP contribution in [0.4, 0.5) is 10.8 Å². The predicted molar refractivity (Wildman–Crippen MR) is 103 cm³/mol. The van der Waals surface area contributed by atoms with Crippen LogP contribution in [0.25, 0.3) is 0 Å². The summed E-state index contributed by atoms with van der Waals surface area (Å²) in [6.45, 7) is 0. The number of benzene rings is 1. The number of halogens is 1. The molecule has 0 radical (unpaired) electrons. The number of thiazole rings is 1. The summed E-state index contributed by atoms with van der Waals surface area (Å²) in [4.78, 5) is 43.0. The molecule has 2 N–H and O–H groups in total. The molecule has 1 atom stereocenters. The van der Waals surface area contributed by atoms with E-state index in [2.05, 4.69) is 36.5 Å². The summed E-state index contributed by atoms with van der Waals surface area (Å²) >= 11 is 4.57. The van der Waals surface area contributed by atoms with Crippen LogP contribution in [0.2, 0.25) is 0 Å². The Morgan fingerprint density at radius 2 is 2.12 bits per heavy atom. The first-order chi connectivity index (χ1) is 12.5. The lowest BCUT2D eigenvalue weighted by Crippen LogP contribution is -2.24. The highest BCUT2D eigenvalue weighted by Gasteiger charge is 2.18. The van der Waals surface area contributed by atoms with Crippen LogP contribution >= 0.6 is 27.3 Å². The summed E-state index contributed by atoms with van der Waals surface area (Å²) in [6.07, 6.45) is 4.12. The van der Waals surface area contributed by atoms with Crippen LogP contribution in [0.3, 0.4) is 0 Å². The van der Waals surface area contributed by atoms with Gasteiger partial charge >= 0.3 is 0 Å². The highest BCUT2D eigenvalue weighted by Crippen LogP contribution is 2.19. The van der Waals surface area contributed by atoms with Crippen molar-refractivity contribution in [1.29, 1.82) is 0 Å². The molecule has 1 aliphatic heterocycles. The van der Waals surface area contributed by atoms with Gasteiger partial charge in [0, 0.05) is 27.8 Å². The quantitative estimate of drug-likeness (QED) is 0.758. The third-order valence-electron chi connectivity index (χ3n) is 3.34. The number of carbonyl (C=O) groups excluding carboxylic acids is 3. The zero-order valence-corrected chi connectivity index (χ0v) is 15.7. The Labute approximate surface area is 161 Å². The molecule has 3 amide bonds. The van der Waals surface area contributed by atoms with E-state index in [1.54, 1.807) is 17.5 Å². The molecule has 3 rings (SSSR count). The number of aromatic nitrogens is 1. The molecule has 7 nitrogen and oxygen atoms in total. The maximum atomic E-state index is 12.1. The fourth-order valence-corrected chi connectivity index (χ4v) is 3.27. The van der Waals surface area contributed by atoms with Crippen molar-refractivity contribution in [1.82, 2.24) is 4.98 Å². The minimum absolute atomic E-state index is 0.0954. The first-order valence-electron chi connectivity index (χ1n) is 7.56. The van der Waals surface area contributed by atoms with Gasteiger partial charge in [-0.25, -0.2) is 9.98 Å². The lowest BCUT2D eigenvalue weighted by atomic mass is 10.1. The van der Waals surface area contributed by atoms with Crippen molar-refractivity contribution < 1.29 is 14.4 Å². The molecule has 1 aliphatic rings. The van der Waals surface area contributed by atoms with Crippen LogP contribution in [0, 0.1) is 5.92 Å². The molecule has 2 aromatic rings. The van der Waals surface area contributed by atoms with Crippen LogP contribution in [-0.2, 0) is 20.8 Å². The Hall–Kier alpha value is -2.65. The number of hydrogen-bond acceptors (Lipinski definition) is 5. The second kappa shape index (κ2) is 8.15. The van der Waals surface area contributed by atoms with Crippen molar-refractivity contribution in [3.8, 4) is 0 Å². The second-order valence-electron chi connectivity index (χ2n) is 5.37. The number of amides is 3. The lowest BCUT2D eigenvalue weighted by Gasteiger charge is -2.08. The minimum Gasteiger partial charge on any atom is -0.326 e. The molecule has 26 heavy (non-hydrogen) atoms. The van der Waals surface area contributed by atoms with Crippen molar-refractivity contribution >= 4 is 62.0 Å². The molecule has 0 saturated heterocycles. The van der Waals surface area contributed by atoms with E-state index < -0.39 is 5.92 Å². The van der Waals surface area contributed by atoms with Crippen LogP contribution in [0.5, 0.6) is 0 Å². The van der Waals surface area contributed by atoms with E-state index >= 15 is 0 Å². The van der Waals surface area contributed by atoms with Gasteiger partial charge in [-0.1, -0.05) is 28.1 Å². The van der Waals surface area contributed by atoms with Gasteiger partial charge in [0.05, 0.1) is 18.0 Å². The number of anilines is 2. The van der Waals surface area contributed by atoms with Gasteiger partial charge in [0.2, 0.25) is 11.8 Å². The maximum absolute atomic E-state index is 12.1. The van der Waals surface area contributed by atoms with Crippen molar-refractivity contribution in [3.05, 3.63) is 52.0 Å². The highest BCUT2D eigenvalue weighted by atomic mass is 79.9. The van der Waals surface area contributed by atoms with Crippen LogP contribution < -0.4 is 10.6 Å². The Morgan fingerprint density at radius 3 is 2.85 bits per heavy atom. The molecule has 0 fully saturated rings. The monoisotopic (exact) mass is 432 g/mol. The van der Waals surface area contributed by atoms with E-state index in [4.69, 9.17) is 0 Å². The smallest absolute Gasteiger partial charge is 0.269 e. The van der Waals surface area contributed by atoms with Gasteiger partial charge < -0.3 is 10.6 Å². The van der Waals surface area contributed by atoms with Gasteiger partial charge in [-0.2, -0.15) is 0 Å². The summed E-state index contributed by atoms with van der Waals surface area (Å²) in [5.41, 5.74) is 1.24. The Kier molecular flexibility index (Phi) is 5.69. The number of rotatable bonds is 5. The molecule has 132 valence electrons. The number of hydrogen-bond donors (Lipinski definition) is 2. The summed E-state index contributed by atoms with van der Waals surface area (Å²) in [7, 11) is 0. The molecular weight excluding hydrogens is 420 g/mol. The molecule has 0 bridgehead atoms. The van der Waals surface area contributed by atoms with Gasteiger partial charge in [-0.3, -0.25) is 14.4 Å². The largest absolute Gasteiger partial charge is 0.326 e. The van der Waals surface area contributed by atoms with Crippen molar-refractivity contribution in [3.63, 3.8) is 0 Å². The van der Waals surface area contributed by atoms with E-state index in [0.29, 0.717) is 16.5 Å². The zero-order valence-electron chi connectivity index (χ0n) is 13.3. The number of nitrogens with one attached hydrogen (secondary N) is 2. The molecule has 1 aromatic heterocycles. The molecule has 0 aliphatic carbocycles. The summed E-state index contributed by atoms with van der Waals surface area (Å²) in [6, 6.07) is 7.29. The van der Waals surface area contributed by atoms with E-state index in [1.807, 2.05) is 12.1 Å². The minimum atomic E-state index is -0.611. The van der Waals surface area contributed by atoms with Gasteiger partial charge in [0.15, 0.2) is 5.13 Å². The molecule has 9 heteroatoms. The molecule has 0 saturated carbocycles. The Morgan fingerprint density at radius 1 is 1.27 bits per heavy atom. The van der Waals surface area contributed by atoms with E-state index in [9.17, 15) is 14.4 Å². The van der Waals surface area contributed by atoms with Crippen molar-refractivity contribution in [2.75, 3.05) is 10.6 Å². The predicted octanol–water partition coefficient (Wildman–Crippen LogP) is 2.81. The average molecular weight is 433 g/mol. The molecule has 1 unspecified atom stereocenters.